The molecule has 5 nitrogen and oxygen atoms in total. The van der Waals surface area contributed by atoms with Gasteiger partial charge in [0.2, 0.25) is 0 Å². The van der Waals surface area contributed by atoms with Gasteiger partial charge in [-0.3, -0.25) is 4.79 Å². The van der Waals surface area contributed by atoms with Crippen molar-refractivity contribution < 1.29 is 19.4 Å². The van der Waals surface area contributed by atoms with Crippen LogP contribution in [0.15, 0.2) is 0 Å². The topological polar surface area (TPSA) is 66.8 Å². The van der Waals surface area contributed by atoms with Gasteiger partial charge in [0.15, 0.2) is 0 Å². The standard InChI is InChI=1S/C17H33NO4/c1-13(2)10-8-9-11-18(12-17(6,7)14(19)20)15(21)22-16(3,4)5/h13H,8-12H2,1-7H3,(H,19,20). The predicted octanol–water partition coefficient (Wildman–Crippen LogP) is 4.16. The Bertz CT molecular complexity index is 369. The van der Waals surface area contributed by atoms with Gasteiger partial charge in [-0.2, -0.15) is 0 Å². The van der Waals surface area contributed by atoms with Crippen LogP contribution >= 0.6 is 0 Å². The molecule has 0 unspecified atom stereocenters. The molecule has 1 amide bonds. The highest BCUT2D eigenvalue weighted by Gasteiger charge is 2.33. The lowest BCUT2D eigenvalue weighted by Gasteiger charge is -2.32. The van der Waals surface area contributed by atoms with Crippen molar-refractivity contribution in [1.29, 1.82) is 0 Å². The summed E-state index contributed by atoms with van der Waals surface area (Å²) in [4.78, 5) is 25.1. The number of rotatable bonds is 8. The molecule has 22 heavy (non-hydrogen) atoms. The van der Waals surface area contributed by atoms with E-state index in [4.69, 9.17) is 4.74 Å². The van der Waals surface area contributed by atoms with Gasteiger partial charge in [0.25, 0.3) is 0 Å². The maximum Gasteiger partial charge on any atom is 0.410 e. The number of unbranched alkanes of at least 4 members (excludes halogenated alkanes) is 1. The molecule has 130 valence electrons. The van der Waals surface area contributed by atoms with Crippen molar-refractivity contribution in [3.05, 3.63) is 0 Å². The average molecular weight is 315 g/mol. The van der Waals surface area contributed by atoms with Crippen molar-refractivity contribution >= 4 is 12.1 Å². The van der Waals surface area contributed by atoms with E-state index in [1.165, 1.54) is 4.90 Å². The van der Waals surface area contributed by atoms with Crippen molar-refractivity contribution in [2.75, 3.05) is 13.1 Å². The Morgan fingerprint density at radius 1 is 1.09 bits per heavy atom. The van der Waals surface area contributed by atoms with Crippen molar-refractivity contribution in [3.63, 3.8) is 0 Å². The van der Waals surface area contributed by atoms with E-state index < -0.39 is 23.1 Å². The van der Waals surface area contributed by atoms with Gasteiger partial charge < -0.3 is 14.7 Å². The number of hydrogen-bond acceptors (Lipinski definition) is 3. The van der Waals surface area contributed by atoms with E-state index >= 15 is 0 Å². The van der Waals surface area contributed by atoms with Crippen LogP contribution in [0.4, 0.5) is 4.79 Å². The Hall–Kier alpha value is -1.26. The highest BCUT2D eigenvalue weighted by Crippen LogP contribution is 2.20. The van der Waals surface area contributed by atoms with Crippen LogP contribution in [0.3, 0.4) is 0 Å². The second-order valence-electron chi connectivity index (χ2n) is 7.98. The van der Waals surface area contributed by atoms with Gasteiger partial charge >= 0.3 is 12.1 Å². The van der Waals surface area contributed by atoms with Gasteiger partial charge in [-0.05, 0) is 47.0 Å². The first-order valence-corrected chi connectivity index (χ1v) is 8.06. The largest absolute Gasteiger partial charge is 0.481 e. The number of amides is 1. The number of carboxylic acid groups (broad SMARTS) is 1. The average Bonchev–Trinajstić information content (AvgIpc) is 2.30. The van der Waals surface area contributed by atoms with E-state index in [1.807, 2.05) is 20.8 Å². The molecule has 0 aromatic carbocycles. The Balaban J connectivity index is 4.76. The molecule has 0 aromatic heterocycles. The number of aliphatic carboxylic acids is 1. The highest BCUT2D eigenvalue weighted by molar-refractivity contribution is 5.75. The van der Waals surface area contributed by atoms with Gasteiger partial charge in [-0.1, -0.05) is 26.7 Å². The van der Waals surface area contributed by atoms with Crippen LogP contribution in [0, 0.1) is 11.3 Å². The van der Waals surface area contributed by atoms with Crippen molar-refractivity contribution in [2.24, 2.45) is 11.3 Å². The van der Waals surface area contributed by atoms with Gasteiger partial charge in [0, 0.05) is 13.1 Å². The SMILES string of the molecule is CC(C)CCCCN(CC(C)(C)C(=O)O)C(=O)OC(C)(C)C. The molecule has 5 heteroatoms. The minimum atomic E-state index is -0.991. The fourth-order valence-corrected chi connectivity index (χ4v) is 1.96. The third-order valence-corrected chi connectivity index (χ3v) is 3.28. The van der Waals surface area contributed by atoms with Crippen LogP contribution in [-0.4, -0.2) is 40.8 Å². The molecule has 0 aliphatic rings. The predicted molar refractivity (Wildman–Crippen MR) is 87.9 cm³/mol. The zero-order chi connectivity index (χ0) is 17.6. The lowest BCUT2D eigenvalue weighted by Crippen LogP contribution is -2.45. The van der Waals surface area contributed by atoms with Gasteiger partial charge in [-0.25, -0.2) is 4.79 Å². The minimum Gasteiger partial charge on any atom is -0.481 e. The maximum atomic E-state index is 12.3. The molecule has 0 atom stereocenters. The molecule has 0 bridgehead atoms. The Kier molecular flexibility index (Phi) is 7.91. The summed E-state index contributed by atoms with van der Waals surface area (Å²) < 4.78 is 5.40. The highest BCUT2D eigenvalue weighted by atomic mass is 16.6. The summed E-state index contributed by atoms with van der Waals surface area (Å²) in [6.45, 7) is 13.7. The molecule has 0 saturated heterocycles. The summed E-state index contributed by atoms with van der Waals surface area (Å²) in [5.74, 6) is -0.284. The van der Waals surface area contributed by atoms with Gasteiger partial charge in [0.1, 0.15) is 5.60 Å². The second kappa shape index (κ2) is 8.39. The molecule has 0 saturated carbocycles. The van der Waals surface area contributed by atoms with Crippen LogP contribution < -0.4 is 0 Å². The van der Waals surface area contributed by atoms with Crippen LogP contribution in [0.2, 0.25) is 0 Å². The van der Waals surface area contributed by atoms with E-state index in [-0.39, 0.29) is 6.54 Å². The van der Waals surface area contributed by atoms with E-state index in [0.717, 1.165) is 19.3 Å². The van der Waals surface area contributed by atoms with Crippen molar-refractivity contribution in [2.45, 2.75) is 73.3 Å². The molecule has 0 rings (SSSR count). The first-order valence-electron chi connectivity index (χ1n) is 8.06. The molecule has 0 aliphatic heterocycles. The van der Waals surface area contributed by atoms with Gasteiger partial charge in [0.05, 0.1) is 5.41 Å². The number of ether oxygens (including phenoxy) is 1. The quantitative estimate of drug-likeness (QED) is 0.683. The zero-order valence-corrected chi connectivity index (χ0v) is 15.2. The summed E-state index contributed by atoms with van der Waals surface area (Å²) in [5.41, 5.74) is -1.57. The Morgan fingerprint density at radius 3 is 2.05 bits per heavy atom. The minimum absolute atomic E-state index is 0.152. The molecular formula is C17H33NO4. The number of carbonyl (C=O) groups excluding carboxylic acids is 1. The summed E-state index contributed by atoms with van der Waals surface area (Å²) in [5, 5.41) is 9.27. The normalized spacial score (nSPS) is 12.4. The lowest BCUT2D eigenvalue weighted by molar-refractivity contribution is -0.147. The van der Waals surface area contributed by atoms with E-state index in [2.05, 4.69) is 13.8 Å². The smallest absolute Gasteiger partial charge is 0.410 e. The monoisotopic (exact) mass is 315 g/mol. The summed E-state index contributed by atoms with van der Waals surface area (Å²) in [7, 11) is 0. The van der Waals surface area contributed by atoms with E-state index in [0.29, 0.717) is 12.5 Å². The third-order valence-electron chi connectivity index (χ3n) is 3.28. The molecular weight excluding hydrogens is 282 g/mol. The fourth-order valence-electron chi connectivity index (χ4n) is 1.96. The first kappa shape index (κ1) is 20.7. The number of carboxylic acids is 1. The van der Waals surface area contributed by atoms with Crippen molar-refractivity contribution in [1.82, 2.24) is 4.90 Å². The number of nitrogens with zero attached hydrogens (tertiary/aromatic N) is 1. The molecule has 0 aliphatic carbocycles. The Morgan fingerprint density at radius 2 is 1.64 bits per heavy atom. The zero-order valence-electron chi connectivity index (χ0n) is 15.2. The van der Waals surface area contributed by atoms with Crippen LogP contribution in [0.1, 0.15) is 67.7 Å². The molecule has 0 radical (unpaired) electrons. The van der Waals surface area contributed by atoms with Crippen LogP contribution in [0.25, 0.3) is 0 Å². The van der Waals surface area contributed by atoms with E-state index in [9.17, 15) is 14.7 Å². The third kappa shape index (κ3) is 8.90. The maximum absolute atomic E-state index is 12.3. The first-order chi connectivity index (χ1) is 9.85. The van der Waals surface area contributed by atoms with Gasteiger partial charge in [-0.15, -0.1) is 0 Å². The molecule has 0 heterocycles. The number of hydrogen-bond donors (Lipinski definition) is 1. The Labute approximate surface area is 135 Å². The summed E-state index contributed by atoms with van der Waals surface area (Å²) >= 11 is 0. The van der Waals surface area contributed by atoms with E-state index in [1.54, 1.807) is 13.8 Å². The lowest BCUT2D eigenvalue weighted by atomic mass is 9.93. The fraction of sp³-hybridized carbons (Fsp3) is 0.882. The summed E-state index contributed by atoms with van der Waals surface area (Å²) in [6, 6.07) is 0. The summed E-state index contributed by atoms with van der Waals surface area (Å²) in [6.07, 6.45) is 2.54. The number of carbonyl (C=O) groups is 2. The molecule has 0 spiro atoms. The second-order valence-corrected chi connectivity index (χ2v) is 7.98. The van der Waals surface area contributed by atoms with Crippen molar-refractivity contribution in [3.8, 4) is 0 Å². The van der Waals surface area contributed by atoms with Crippen LogP contribution in [0.5, 0.6) is 0 Å². The molecule has 0 fully saturated rings. The molecule has 0 aromatic rings. The molecule has 1 N–H and O–H groups in total. The van der Waals surface area contributed by atoms with Crippen LogP contribution in [-0.2, 0) is 9.53 Å².